The molecule has 0 aromatic carbocycles. The van der Waals surface area contributed by atoms with E-state index in [0.717, 1.165) is 6.42 Å². The van der Waals surface area contributed by atoms with Crippen LogP contribution in [0.25, 0.3) is 0 Å². The Bertz CT molecular complexity index is 251. The molecule has 86 valence electrons. The van der Waals surface area contributed by atoms with Crippen molar-refractivity contribution in [1.82, 2.24) is 4.90 Å². The molecule has 0 aromatic heterocycles. The SMILES string of the molecule is CCCN(CC(C)=O)C(=O)CCC(N)=O. The lowest BCUT2D eigenvalue weighted by Gasteiger charge is -2.20. The van der Waals surface area contributed by atoms with Crippen LogP contribution in [-0.4, -0.2) is 35.6 Å². The van der Waals surface area contributed by atoms with Gasteiger partial charge in [0.1, 0.15) is 5.78 Å². The van der Waals surface area contributed by atoms with E-state index in [-0.39, 0.29) is 31.1 Å². The van der Waals surface area contributed by atoms with Crippen LogP contribution in [0, 0.1) is 0 Å². The maximum absolute atomic E-state index is 11.5. The maximum Gasteiger partial charge on any atom is 0.223 e. The molecule has 0 fully saturated rings. The summed E-state index contributed by atoms with van der Waals surface area (Å²) >= 11 is 0. The molecular formula is C10H18N2O3. The summed E-state index contributed by atoms with van der Waals surface area (Å²) in [5, 5.41) is 0. The maximum atomic E-state index is 11.5. The highest BCUT2D eigenvalue weighted by atomic mass is 16.2. The molecule has 0 rings (SSSR count). The lowest BCUT2D eigenvalue weighted by molar-refractivity contribution is -0.136. The molecule has 5 nitrogen and oxygen atoms in total. The second-order valence-corrected chi connectivity index (χ2v) is 3.48. The number of ketones is 1. The van der Waals surface area contributed by atoms with Crippen LogP contribution >= 0.6 is 0 Å². The van der Waals surface area contributed by atoms with Gasteiger partial charge in [0, 0.05) is 19.4 Å². The lowest BCUT2D eigenvalue weighted by Crippen LogP contribution is -2.36. The smallest absolute Gasteiger partial charge is 0.223 e. The molecule has 0 unspecified atom stereocenters. The lowest BCUT2D eigenvalue weighted by atomic mass is 10.2. The summed E-state index contributed by atoms with van der Waals surface area (Å²) in [5.41, 5.74) is 4.94. The van der Waals surface area contributed by atoms with E-state index in [0.29, 0.717) is 6.54 Å². The normalized spacial score (nSPS) is 9.73. The fourth-order valence-corrected chi connectivity index (χ4v) is 1.22. The highest BCUT2D eigenvalue weighted by Gasteiger charge is 2.14. The molecule has 15 heavy (non-hydrogen) atoms. The van der Waals surface area contributed by atoms with Crippen molar-refractivity contribution in [2.75, 3.05) is 13.1 Å². The number of Topliss-reactive ketones (excluding diaryl/α,β-unsaturated/α-hetero) is 1. The highest BCUT2D eigenvalue weighted by molar-refractivity contribution is 5.86. The number of amides is 2. The standard InChI is InChI=1S/C10H18N2O3/c1-3-6-12(7-8(2)13)10(15)5-4-9(11)14/h3-7H2,1-2H3,(H2,11,14). The van der Waals surface area contributed by atoms with Gasteiger partial charge in [-0.1, -0.05) is 6.92 Å². The summed E-state index contributed by atoms with van der Waals surface area (Å²) in [6.45, 7) is 4.02. The Balaban J connectivity index is 4.15. The van der Waals surface area contributed by atoms with Crippen LogP contribution in [0.1, 0.15) is 33.1 Å². The van der Waals surface area contributed by atoms with Gasteiger partial charge in [0.2, 0.25) is 11.8 Å². The number of hydrogen-bond donors (Lipinski definition) is 1. The van der Waals surface area contributed by atoms with E-state index < -0.39 is 5.91 Å². The van der Waals surface area contributed by atoms with Gasteiger partial charge in [0.05, 0.1) is 6.54 Å². The van der Waals surface area contributed by atoms with Crippen molar-refractivity contribution < 1.29 is 14.4 Å². The Kier molecular flexibility index (Phi) is 6.33. The van der Waals surface area contributed by atoms with Crippen LogP contribution in [0.4, 0.5) is 0 Å². The molecular weight excluding hydrogens is 196 g/mol. The average molecular weight is 214 g/mol. The van der Waals surface area contributed by atoms with Gasteiger partial charge in [-0.25, -0.2) is 0 Å². The predicted molar refractivity (Wildman–Crippen MR) is 56.0 cm³/mol. The zero-order chi connectivity index (χ0) is 11.8. The fourth-order valence-electron chi connectivity index (χ4n) is 1.22. The van der Waals surface area contributed by atoms with Gasteiger partial charge in [-0.2, -0.15) is 0 Å². The summed E-state index contributed by atoms with van der Waals surface area (Å²) in [6, 6.07) is 0. The number of nitrogens with zero attached hydrogens (tertiary/aromatic N) is 1. The van der Waals surface area contributed by atoms with Gasteiger partial charge in [0.25, 0.3) is 0 Å². The van der Waals surface area contributed by atoms with Gasteiger partial charge in [-0.05, 0) is 13.3 Å². The molecule has 0 aliphatic heterocycles. The Labute approximate surface area is 89.6 Å². The first-order chi connectivity index (χ1) is 6.97. The molecule has 0 saturated heterocycles. The largest absolute Gasteiger partial charge is 0.370 e. The van der Waals surface area contributed by atoms with E-state index >= 15 is 0 Å². The summed E-state index contributed by atoms with van der Waals surface area (Å²) in [4.78, 5) is 34.4. The van der Waals surface area contributed by atoms with Crippen molar-refractivity contribution in [2.45, 2.75) is 33.1 Å². The number of primary amides is 1. The number of carbonyl (C=O) groups is 3. The van der Waals surface area contributed by atoms with Crippen molar-refractivity contribution in [2.24, 2.45) is 5.73 Å². The number of rotatable bonds is 7. The Morgan fingerprint density at radius 2 is 1.80 bits per heavy atom. The minimum Gasteiger partial charge on any atom is -0.370 e. The van der Waals surface area contributed by atoms with Crippen molar-refractivity contribution in [3.63, 3.8) is 0 Å². The van der Waals surface area contributed by atoms with E-state index in [1.807, 2.05) is 6.92 Å². The van der Waals surface area contributed by atoms with Crippen LogP contribution in [0.3, 0.4) is 0 Å². The second kappa shape index (κ2) is 6.98. The summed E-state index contributed by atoms with van der Waals surface area (Å²) in [6.07, 6.45) is 0.912. The predicted octanol–water partition coefficient (Wildman–Crippen LogP) is 0.0795. The molecule has 0 radical (unpaired) electrons. The number of hydrogen-bond acceptors (Lipinski definition) is 3. The minimum absolute atomic E-state index is 0.0386. The zero-order valence-electron chi connectivity index (χ0n) is 9.28. The van der Waals surface area contributed by atoms with Gasteiger partial charge >= 0.3 is 0 Å². The first-order valence-electron chi connectivity index (χ1n) is 5.02. The van der Waals surface area contributed by atoms with Crippen molar-refractivity contribution in [1.29, 1.82) is 0 Å². The Morgan fingerprint density at radius 1 is 1.20 bits per heavy atom. The second-order valence-electron chi connectivity index (χ2n) is 3.48. The number of carbonyl (C=O) groups excluding carboxylic acids is 3. The molecule has 0 spiro atoms. The van der Waals surface area contributed by atoms with Gasteiger partial charge < -0.3 is 10.6 Å². The third-order valence-corrected chi connectivity index (χ3v) is 1.85. The molecule has 0 heterocycles. The quantitative estimate of drug-likeness (QED) is 0.651. The minimum atomic E-state index is -0.498. The average Bonchev–Trinajstić information content (AvgIpc) is 2.12. The molecule has 5 heteroatoms. The van der Waals surface area contributed by atoms with E-state index in [1.54, 1.807) is 0 Å². The summed E-state index contributed by atoms with van der Waals surface area (Å²) < 4.78 is 0. The van der Waals surface area contributed by atoms with E-state index in [1.165, 1.54) is 11.8 Å². The first-order valence-corrected chi connectivity index (χ1v) is 5.02. The summed E-state index contributed by atoms with van der Waals surface area (Å²) in [7, 11) is 0. The van der Waals surface area contributed by atoms with Crippen LogP contribution in [0.5, 0.6) is 0 Å². The van der Waals surface area contributed by atoms with Crippen molar-refractivity contribution in [3.8, 4) is 0 Å². The number of nitrogens with two attached hydrogens (primary N) is 1. The highest BCUT2D eigenvalue weighted by Crippen LogP contribution is 1.99. The Morgan fingerprint density at radius 3 is 2.20 bits per heavy atom. The van der Waals surface area contributed by atoms with Gasteiger partial charge in [-0.3, -0.25) is 14.4 Å². The van der Waals surface area contributed by atoms with E-state index in [4.69, 9.17) is 5.73 Å². The van der Waals surface area contributed by atoms with Crippen LogP contribution < -0.4 is 5.73 Å². The molecule has 0 saturated carbocycles. The zero-order valence-corrected chi connectivity index (χ0v) is 9.28. The molecule has 0 bridgehead atoms. The monoisotopic (exact) mass is 214 g/mol. The topological polar surface area (TPSA) is 80.5 Å². The molecule has 0 atom stereocenters. The van der Waals surface area contributed by atoms with Gasteiger partial charge in [0.15, 0.2) is 0 Å². The van der Waals surface area contributed by atoms with Crippen LogP contribution in [-0.2, 0) is 14.4 Å². The molecule has 2 amide bonds. The third kappa shape index (κ3) is 6.65. The fraction of sp³-hybridized carbons (Fsp3) is 0.700. The molecule has 0 aromatic rings. The van der Waals surface area contributed by atoms with E-state index in [9.17, 15) is 14.4 Å². The first kappa shape index (κ1) is 13.6. The van der Waals surface area contributed by atoms with Crippen molar-refractivity contribution in [3.05, 3.63) is 0 Å². The Hall–Kier alpha value is -1.39. The molecule has 0 aliphatic carbocycles. The van der Waals surface area contributed by atoms with Crippen LogP contribution in [0.15, 0.2) is 0 Å². The van der Waals surface area contributed by atoms with E-state index in [2.05, 4.69) is 0 Å². The molecule has 0 aliphatic rings. The van der Waals surface area contributed by atoms with Crippen LogP contribution in [0.2, 0.25) is 0 Å². The summed E-state index contributed by atoms with van der Waals surface area (Å²) in [5.74, 6) is -0.746. The van der Waals surface area contributed by atoms with Crippen molar-refractivity contribution >= 4 is 17.6 Å². The third-order valence-electron chi connectivity index (χ3n) is 1.85. The molecule has 2 N–H and O–H groups in total. The van der Waals surface area contributed by atoms with Gasteiger partial charge in [-0.15, -0.1) is 0 Å².